The number of alkyl halides is 3. The second-order valence-electron chi connectivity index (χ2n) is 6.39. The van der Waals surface area contributed by atoms with Gasteiger partial charge in [0.2, 0.25) is 10.0 Å². The maximum absolute atomic E-state index is 13.3. The Morgan fingerprint density at radius 1 is 1.08 bits per heavy atom. The zero-order valence-electron chi connectivity index (χ0n) is 13.5. The predicted molar refractivity (Wildman–Crippen MR) is 88.6 cm³/mol. The van der Waals surface area contributed by atoms with Crippen molar-refractivity contribution in [2.75, 3.05) is 11.9 Å². The minimum absolute atomic E-state index is 0.219. The Bertz CT molecular complexity index is 921. The summed E-state index contributed by atoms with van der Waals surface area (Å²) in [5.74, 6) is -0.379. The Morgan fingerprint density at radius 2 is 1.69 bits per heavy atom. The van der Waals surface area contributed by atoms with Gasteiger partial charge in [-0.15, -0.1) is 0 Å². The van der Waals surface area contributed by atoms with Gasteiger partial charge in [-0.05, 0) is 48.7 Å². The molecule has 0 saturated heterocycles. The highest BCUT2D eigenvalue weighted by Crippen LogP contribution is 2.48. The van der Waals surface area contributed by atoms with E-state index in [4.69, 9.17) is 5.14 Å². The summed E-state index contributed by atoms with van der Waals surface area (Å²) in [7, 11) is -4.24. The summed E-state index contributed by atoms with van der Waals surface area (Å²) in [4.78, 5) is -0.602. The van der Waals surface area contributed by atoms with E-state index in [1.165, 1.54) is 12.1 Å². The molecule has 0 spiro atoms. The van der Waals surface area contributed by atoms with Crippen molar-refractivity contribution < 1.29 is 26.0 Å². The van der Waals surface area contributed by atoms with Crippen molar-refractivity contribution in [3.63, 3.8) is 0 Å². The number of hydrogen-bond acceptors (Lipinski definition) is 3. The Hall–Kier alpha value is -2.13. The molecule has 26 heavy (non-hydrogen) atoms. The molecule has 2 aromatic rings. The lowest BCUT2D eigenvalue weighted by Gasteiger charge is -2.20. The fourth-order valence-electron chi connectivity index (χ4n) is 2.88. The number of primary sulfonamides is 1. The summed E-state index contributed by atoms with van der Waals surface area (Å²) in [6.45, 7) is 0.219. The van der Waals surface area contributed by atoms with Gasteiger partial charge in [-0.3, -0.25) is 0 Å². The third kappa shape index (κ3) is 3.83. The molecule has 0 bridgehead atoms. The van der Waals surface area contributed by atoms with Crippen LogP contribution in [0.5, 0.6) is 0 Å². The molecule has 140 valence electrons. The van der Waals surface area contributed by atoms with Crippen molar-refractivity contribution in [1.82, 2.24) is 0 Å². The molecule has 1 aliphatic rings. The average Bonchev–Trinajstić information content (AvgIpc) is 3.33. The van der Waals surface area contributed by atoms with Crippen LogP contribution in [0.15, 0.2) is 47.4 Å². The molecular weight excluding hydrogens is 372 g/mol. The summed E-state index contributed by atoms with van der Waals surface area (Å²) in [5.41, 5.74) is -0.826. The zero-order valence-corrected chi connectivity index (χ0v) is 14.3. The van der Waals surface area contributed by atoms with Crippen LogP contribution >= 0.6 is 0 Å². The number of anilines is 1. The number of sulfonamides is 1. The zero-order chi connectivity index (χ0) is 19.2. The summed E-state index contributed by atoms with van der Waals surface area (Å²) < 4.78 is 75.6. The molecule has 0 amide bonds. The third-order valence-electron chi connectivity index (χ3n) is 4.55. The van der Waals surface area contributed by atoms with Crippen molar-refractivity contribution >= 4 is 15.7 Å². The molecule has 1 fully saturated rings. The standard InChI is InChI=1S/C17H16F4N2O2S/c18-12-3-1-11(2-4-12)16(7-8-16)10-23-15-6-5-13(26(22,24)25)9-14(15)17(19,20)21/h1-6,9,23H,7-8,10H2,(H2,22,24,25). The highest BCUT2D eigenvalue weighted by atomic mass is 32.2. The van der Waals surface area contributed by atoms with Gasteiger partial charge >= 0.3 is 6.18 Å². The van der Waals surface area contributed by atoms with Gasteiger partial charge in [0.05, 0.1) is 10.5 Å². The quantitative estimate of drug-likeness (QED) is 0.769. The Balaban J connectivity index is 1.87. The molecule has 0 aliphatic heterocycles. The van der Waals surface area contributed by atoms with E-state index in [0.717, 1.165) is 30.5 Å². The van der Waals surface area contributed by atoms with Crippen LogP contribution in [0.2, 0.25) is 0 Å². The molecular formula is C17H16F4N2O2S. The van der Waals surface area contributed by atoms with E-state index >= 15 is 0 Å². The number of nitrogens with two attached hydrogens (primary N) is 1. The van der Waals surface area contributed by atoms with E-state index < -0.39 is 26.7 Å². The molecule has 3 rings (SSSR count). The number of benzene rings is 2. The smallest absolute Gasteiger partial charge is 0.384 e. The number of nitrogens with one attached hydrogen (secondary N) is 1. The van der Waals surface area contributed by atoms with Gasteiger partial charge in [0.25, 0.3) is 0 Å². The van der Waals surface area contributed by atoms with Gasteiger partial charge in [0, 0.05) is 17.6 Å². The van der Waals surface area contributed by atoms with Crippen LogP contribution in [0.1, 0.15) is 24.0 Å². The first kappa shape index (κ1) is 18.7. The molecule has 4 nitrogen and oxygen atoms in total. The van der Waals surface area contributed by atoms with Crippen LogP contribution in [-0.4, -0.2) is 15.0 Å². The van der Waals surface area contributed by atoms with Crippen molar-refractivity contribution in [1.29, 1.82) is 0 Å². The first-order valence-corrected chi connectivity index (χ1v) is 9.30. The predicted octanol–water partition coefficient (Wildman–Crippen LogP) is 3.64. The van der Waals surface area contributed by atoms with Crippen LogP contribution in [0.3, 0.4) is 0 Å². The largest absolute Gasteiger partial charge is 0.418 e. The lowest BCUT2D eigenvalue weighted by Crippen LogP contribution is -2.22. The van der Waals surface area contributed by atoms with Gasteiger partial charge in [0.15, 0.2) is 0 Å². The van der Waals surface area contributed by atoms with Crippen LogP contribution in [0, 0.1) is 5.82 Å². The first-order chi connectivity index (χ1) is 12.0. The van der Waals surface area contributed by atoms with E-state index in [9.17, 15) is 26.0 Å². The first-order valence-electron chi connectivity index (χ1n) is 7.75. The molecule has 1 aliphatic carbocycles. The average molecular weight is 388 g/mol. The van der Waals surface area contributed by atoms with Gasteiger partial charge in [-0.2, -0.15) is 13.2 Å². The molecule has 9 heteroatoms. The van der Waals surface area contributed by atoms with E-state index in [2.05, 4.69) is 5.32 Å². The third-order valence-corrected chi connectivity index (χ3v) is 5.46. The van der Waals surface area contributed by atoms with Gasteiger partial charge < -0.3 is 5.32 Å². The fourth-order valence-corrected chi connectivity index (χ4v) is 3.42. The number of rotatable bonds is 5. The molecule has 2 aromatic carbocycles. The van der Waals surface area contributed by atoms with Crippen LogP contribution < -0.4 is 10.5 Å². The molecule has 0 atom stereocenters. The summed E-state index contributed by atoms with van der Waals surface area (Å²) in [5, 5.41) is 7.68. The molecule has 1 saturated carbocycles. The number of halogens is 4. The van der Waals surface area contributed by atoms with Crippen molar-refractivity contribution in [2.45, 2.75) is 29.3 Å². The molecule has 0 radical (unpaired) electrons. The molecule has 0 aromatic heterocycles. The second-order valence-corrected chi connectivity index (χ2v) is 7.95. The van der Waals surface area contributed by atoms with Gasteiger partial charge in [0.1, 0.15) is 5.82 Å². The summed E-state index contributed by atoms with van der Waals surface area (Å²) in [6, 6.07) is 8.50. The van der Waals surface area contributed by atoms with Crippen LogP contribution in [0.25, 0.3) is 0 Å². The lowest BCUT2D eigenvalue weighted by atomic mass is 9.95. The fraction of sp³-hybridized carbons (Fsp3) is 0.294. The van der Waals surface area contributed by atoms with Crippen LogP contribution in [0.4, 0.5) is 23.2 Å². The maximum Gasteiger partial charge on any atom is 0.418 e. The summed E-state index contributed by atoms with van der Waals surface area (Å²) >= 11 is 0. The van der Waals surface area contributed by atoms with Gasteiger partial charge in [-0.1, -0.05) is 12.1 Å². The number of hydrogen-bond donors (Lipinski definition) is 2. The normalized spacial score (nSPS) is 16.3. The van der Waals surface area contributed by atoms with Crippen molar-refractivity contribution in [3.8, 4) is 0 Å². The lowest BCUT2D eigenvalue weighted by molar-refractivity contribution is -0.137. The van der Waals surface area contributed by atoms with E-state index in [1.54, 1.807) is 12.1 Å². The summed E-state index contributed by atoms with van der Waals surface area (Å²) in [6.07, 6.45) is -3.21. The Morgan fingerprint density at radius 3 is 2.19 bits per heavy atom. The van der Waals surface area contributed by atoms with E-state index in [-0.39, 0.29) is 23.5 Å². The maximum atomic E-state index is 13.3. The highest BCUT2D eigenvalue weighted by molar-refractivity contribution is 7.89. The second kappa shape index (κ2) is 6.24. The Kier molecular flexibility index (Phi) is 4.48. The van der Waals surface area contributed by atoms with E-state index in [1.807, 2.05) is 0 Å². The SMILES string of the molecule is NS(=O)(=O)c1ccc(NCC2(c3ccc(F)cc3)CC2)c(C(F)(F)F)c1. The van der Waals surface area contributed by atoms with Gasteiger partial charge in [-0.25, -0.2) is 17.9 Å². The van der Waals surface area contributed by atoms with Crippen LogP contribution in [-0.2, 0) is 21.6 Å². The minimum atomic E-state index is -4.74. The Labute approximate surface area is 148 Å². The topological polar surface area (TPSA) is 72.2 Å². The molecule has 3 N–H and O–H groups in total. The molecule has 0 unspecified atom stereocenters. The molecule has 0 heterocycles. The van der Waals surface area contributed by atoms with Crippen molar-refractivity contribution in [3.05, 3.63) is 59.4 Å². The van der Waals surface area contributed by atoms with E-state index in [0.29, 0.717) is 6.07 Å². The minimum Gasteiger partial charge on any atom is -0.384 e. The van der Waals surface area contributed by atoms with Crippen molar-refractivity contribution in [2.24, 2.45) is 5.14 Å². The highest BCUT2D eigenvalue weighted by Gasteiger charge is 2.44. The monoisotopic (exact) mass is 388 g/mol.